The van der Waals surface area contributed by atoms with Gasteiger partial charge in [0.05, 0.1) is 13.1 Å². The van der Waals surface area contributed by atoms with Gasteiger partial charge in [-0.3, -0.25) is 4.90 Å². The lowest BCUT2D eigenvalue weighted by Gasteiger charge is -2.41. The Kier molecular flexibility index (Phi) is 5.33. The number of alkyl halides is 2. The molecule has 1 aliphatic carbocycles. The zero-order valence-electron chi connectivity index (χ0n) is 13.7. The van der Waals surface area contributed by atoms with Crippen molar-refractivity contribution in [3.8, 4) is 0 Å². The molecule has 1 amide bonds. The summed E-state index contributed by atoms with van der Waals surface area (Å²) < 4.78 is 30.9. The van der Waals surface area contributed by atoms with Gasteiger partial charge in [-0.15, -0.1) is 0 Å². The minimum atomic E-state index is -2.48. The van der Waals surface area contributed by atoms with Gasteiger partial charge in [-0.1, -0.05) is 30.3 Å². The van der Waals surface area contributed by atoms with E-state index in [0.717, 1.165) is 37.8 Å². The van der Waals surface area contributed by atoms with E-state index in [0.29, 0.717) is 5.92 Å². The lowest BCUT2D eigenvalue weighted by atomic mass is 9.85. The molecule has 4 nitrogen and oxygen atoms in total. The number of halogens is 2. The molecule has 1 heterocycles. The number of carbonyl (C=O) groups excluding carboxylic acids is 1. The lowest BCUT2D eigenvalue weighted by Crippen LogP contribution is -2.57. The van der Waals surface area contributed by atoms with Crippen LogP contribution in [0.4, 0.5) is 13.6 Å². The SMILES string of the molecule is O=C(NC1CCC(CN2CC(F)(F)C2)CC1)OCc1ccccc1. The Bertz CT molecular complexity index is 537. The number of hydrogen-bond acceptors (Lipinski definition) is 3. The summed E-state index contributed by atoms with van der Waals surface area (Å²) in [4.78, 5) is 13.7. The summed E-state index contributed by atoms with van der Waals surface area (Å²) in [6, 6.07) is 9.69. The molecule has 6 heteroatoms. The molecule has 0 bridgehead atoms. The van der Waals surface area contributed by atoms with Gasteiger partial charge in [0.15, 0.2) is 0 Å². The molecule has 0 radical (unpaired) electrons. The van der Waals surface area contributed by atoms with Crippen LogP contribution in [0.2, 0.25) is 0 Å². The summed E-state index contributed by atoms with van der Waals surface area (Å²) in [5.41, 5.74) is 0.961. The van der Waals surface area contributed by atoms with Crippen molar-refractivity contribution < 1.29 is 18.3 Å². The monoisotopic (exact) mass is 338 g/mol. The minimum Gasteiger partial charge on any atom is -0.445 e. The molecule has 2 fully saturated rings. The maximum Gasteiger partial charge on any atom is 0.407 e. The minimum absolute atomic E-state index is 0.100. The van der Waals surface area contributed by atoms with Crippen LogP contribution in [0.1, 0.15) is 31.2 Å². The summed E-state index contributed by atoms with van der Waals surface area (Å²) in [5.74, 6) is -2.03. The Morgan fingerprint density at radius 1 is 1.17 bits per heavy atom. The highest BCUT2D eigenvalue weighted by Gasteiger charge is 2.44. The zero-order valence-corrected chi connectivity index (χ0v) is 13.7. The number of carbonyl (C=O) groups is 1. The fourth-order valence-corrected chi connectivity index (χ4v) is 3.52. The maximum atomic E-state index is 12.8. The largest absolute Gasteiger partial charge is 0.445 e. The van der Waals surface area contributed by atoms with Gasteiger partial charge in [-0.25, -0.2) is 13.6 Å². The van der Waals surface area contributed by atoms with Crippen LogP contribution in [0.5, 0.6) is 0 Å². The van der Waals surface area contributed by atoms with Gasteiger partial charge < -0.3 is 10.1 Å². The highest BCUT2D eigenvalue weighted by molar-refractivity contribution is 5.67. The van der Waals surface area contributed by atoms with Gasteiger partial charge in [0, 0.05) is 12.6 Å². The smallest absolute Gasteiger partial charge is 0.407 e. The highest BCUT2D eigenvalue weighted by Crippen LogP contribution is 2.31. The van der Waals surface area contributed by atoms with E-state index in [1.807, 2.05) is 35.2 Å². The second-order valence-corrected chi connectivity index (χ2v) is 6.95. The van der Waals surface area contributed by atoms with E-state index < -0.39 is 5.92 Å². The molecule has 1 aliphatic heterocycles. The topological polar surface area (TPSA) is 41.6 Å². The van der Waals surface area contributed by atoms with Crippen LogP contribution in [-0.4, -0.2) is 42.6 Å². The molecule has 1 N–H and O–H groups in total. The number of hydrogen-bond donors (Lipinski definition) is 1. The zero-order chi connectivity index (χ0) is 17.0. The average molecular weight is 338 g/mol. The first-order chi connectivity index (χ1) is 11.5. The van der Waals surface area contributed by atoms with Gasteiger partial charge in [-0.05, 0) is 37.2 Å². The van der Waals surface area contributed by atoms with Crippen LogP contribution in [0, 0.1) is 5.92 Å². The second-order valence-electron chi connectivity index (χ2n) is 6.95. The van der Waals surface area contributed by atoms with Crippen molar-refractivity contribution in [2.45, 2.75) is 44.3 Å². The van der Waals surface area contributed by atoms with Gasteiger partial charge in [0.1, 0.15) is 6.61 Å². The first-order valence-corrected chi connectivity index (χ1v) is 8.57. The molecule has 0 spiro atoms. The first kappa shape index (κ1) is 17.1. The number of amides is 1. The molecular weight excluding hydrogens is 314 g/mol. The molecule has 1 saturated heterocycles. The highest BCUT2D eigenvalue weighted by atomic mass is 19.3. The van der Waals surface area contributed by atoms with Crippen molar-refractivity contribution >= 4 is 6.09 Å². The Morgan fingerprint density at radius 3 is 2.46 bits per heavy atom. The molecule has 2 aliphatic rings. The predicted molar refractivity (Wildman–Crippen MR) is 86.9 cm³/mol. The van der Waals surface area contributed by atoms with Gasteiger partial charge in [0.25, 0.3) is 5.92 Å². The van der Waals surface area contributed by atoms with E-state index in [1.165, 1.54) is 0 Å². The second kappa shape index (κ2) is 7.47. The molecule has 0 atom stereocenters. The number of nitrogens with zero attached hydrogens (tertiary/aromatic N) is 1. The number of rotatable bonds is 5. The third kappa shape index (κ3) is 4.90. The van der Waals surface area contributed by atoms with Crippen molar-refractivity contribution in [1.82, 2.24) is 10.2 Å². The van der Waals surface area contributed by atoms with Crippen LogP contribution < -0.4 is 5.32 Å². The van der Waals surface area contributed by atoms with Gasteiger partial charge in [0.2, 0.25) is 0 Å². The number of likely N-dealkylation sites (tertiary alicyclic amines) is 1. The van der Waals surface area contributed by atoms with Crippen molar-refractivity contribution in [3.05, 3.63) is 35.9 Å². The molecule has 0 unspecified atom stereocenters. The molecule has 1 aromatic carbocycles. The first-order valence-electron chi connectivity index (χ1n) is 8.57. The molecule has 0 aromatic heterocycles. The Morgan fingerprint density at radius 2 is 1.83 bits per heavy atom. The van der Waals surface area contributed by atoms with E-state index in [1.54, 1.807) is 0 Å². The van der Waals surface area contributed by atoms with Crippen LogP contribution in [0.3, 0.4) is 0 Å². The molecule has 1 aromatic rings. The van der Waals surface area contributed by atoms with Crippen molar-refractivity contribution in [1.29, 1.82) is 0 Å². The van der Waals surface area contributed by atoms with E-state index in [2.05, 4.69) is 5.32 Å². The quantitative estimate of drug-likeness (QED) is 0.894. The summed E-state index contributed by atoms with van der Waals surface area (Å²) >= 11 is 0. The van der Waals surface area contributed by atoms with Crippen LogP contribution in [-0.2, 0) is 11.3 Å². The molecule has 1 saturated carbocycles. The normalized spacial score (nSPS) is 26.4. The molecule has 3 rings (SSSR count). The Hall–Kier alpha value is -1.69. The summed E-state index contributed by atoms with van der Waals surface area (Å²) in [6.45, 7) is 0.819. The van der Waals surface area contributed by atoms with Gasteiger partial charge in [-0.2, -0.15) is 0 Å². The fourth-order valence-electron chi connectivity index (χ4n) is 3.52. The van der Waals surface area contributed by atoms with E-state index in [-0.39, 0.29) is 31.8 Å². The van der Waals surface area contributed by atoms with E-state index in [9.17, 15) is 13.6 Å². The third-order valence-corrected chi connectivity index (χ3v) is 4.81. The number of alkyl carbamates (subject to hydrolysis) is 1. The van der Waals surface area contributed by atoms with Crippen molar-refractivity contribution in [2.75, 3.05) is 19.6 Å². The van der Waals surface area contributed by atoms with E-state index in [4.69, 9.17) is 4.74 Å². The third-order valence-electron chi connectivity index (χ3n) is 4.81. The summed E-state index contributed by atoms with van der Waals surface area (Å²) in [6.07, 6.45) is 3.31. The van der Waals surface area contributed by atoms with Gasteiger partial charge >= 0.3 is 6.09 Å². The lowest BCUT2D eigenvalue weighted by molar-refractivity contribution is -0.135. The summed E-state index contributed by atoms with van der Waals surface area (Å²) in [7, 11) is 0. The summed E-state index contributed by atoms with van der Waals surface area (Å²) in [5, 5.41) is 2.91. The number of nitrogens with one attached hydrogen (secondary N) is 1. The fraction of sp³-hybridized carbons (Fsp3) is 0.611. The van der Waals surface area contributed by atoms with Crippen LogP contribution in [0.15, 0.2) is 30.3 Å². The van der Waals surface area contributed by atoms with Crippen molar-refractivity contribution in [3.63, 3.8) is 0 Å². The maximum absolute atomic E-state index is 12.8. The number of benzene rings is 1. The average Bonchev–Trinajstić information content (AvgIpc) is 2.54. The standard InChI is InChI=1S/C18H24F2N2O2/c19-18(20)12-22(13-18)10-14-6-8-16(9-7-14)21-17(23)24-11-15-4-2-1-3-5-15/h1-5,14,16H,6-13H2,(H,21,23). The molecule has 132 valence electrons. The van der Waals surface area contributed by atoms with Crippen LogP contribution >= 0.6 is 0 Å². The molecule has 24 heavy (non-hydrogen) atoms. The number of ether oxygens (including phenoxy) is 1. The molecular formula is C18H24F2N2O2. The predicted octanol–water partition coefficient (Wildman–Crippen LogP) is 3.42. The Balaban J connectivity index is 1.31. The Labute approximate surface area is 141 Å². The van der Waals surface area contributed by atoms with Crippen molar-refractivity contribution in [2.24, 2.45) is 5.92 Å². The van der Waals surface area contributed by atoms with Crippen LogP contribution in [0.25, 0.3) is 0 Å². The van der Waals surface area contributed by atoms with E-state index >= 15 is 0 Å².